The quantitative estimate of drug-likeness (QED) is 0.847. The smallest absolute Gasteiger partial charge is 0.130 e. The highest BCUT2D eigenvalue weighted by atomic mass is 35.5. The van der Waals surface area contributed by atoms with Crippen molar-refractivity contribution in [1.29, 1.82) is 0 Å². The Morgan fingerprint density at radius 3 is 1.57 bits per heavy atom. The largest absolute Gasteiger partial charge is 0.457 e. The van der Waals surface area contributed by atoms with E-state index in [1.807, 2.05) is 0 Å². The zero-order valence-electron chi connectivity index (χ0n) is 11.4. The number of aliphatic hydroxyl groups excluding tert-OH is 2. The lowest BCUT2D eigenvalue weighted by Gasteiger charge is -2.14. The van der Waals surface area contributed by atoms with Gasteiger partial charge in [0.25, 0.3) is 0 Å². The summed E-state index contributed by atoms with van der Waals surface area (Å²) in [5, 5.41) is 19.4. The van der Waals surface area contributed by atoms with Crippen LogP contribution in [0.15, 0.2) is 36.4 Å². The van der Waals surface area contributed by atoms with E-state index in [0.717, 1.165) is 11.1 Å². The number of ether oxygens (including phenoxy) is 1. The van der Waals surface area contributed by atoms with E-state index in [4.69, 9.17) is 38.2 Å². The molecular formula is C16H16Cl2O3. The van der Waals surface area contributed by atoms with Crippen LogP contribution in [0.1, 0.15) is 11.1 Å². The van der Waals surface area contributed by atoms with Gasteiger partial charge in [0.05, 0.1) is 0 Å². The monoisotopic (exact) mass is 326 g/mol. The summed E-state index contributed by atoms with van der Waals surface area (Å²) in [7, 11) is 0. The third-order valence-corrected chi connectivity index (χ3v) is 3.50. The molecule has 21 heavy (non-hydrogen) atoms. The van der Waals surface area contributed by atoms with E-state index in [-0.39, 0.29) is 13.2 Å². The van der Waals surface area contributed by atoms with Crippen molar-refractivity contribution in [3.05, 3.63) is 57.6 Å². The van der Waals surface area contributed by atoms with Crippen LogP contribution < -0.4 is 4.74 Å². The first-order valence-electron chi connectivity index (χ1n) is 6.60. The molecule has 0 aliphatic heterocycles. The molecule has 5 heteroatoms. The minimum Gasteiger partial charge on any atom is -0.457 e. The van der Waals surface area contributed by atoms with Crippen LogP contribution >= 0.6 is 23.2 Å². The molecule has 0 amide bonds. The normalized spacial score (nSPS) is 10.7. The Morgan fingerprint density at radius 1 is 0.762 bits per heavy atom. The standard InChI is InChI=1S/C16H16Cl2O3/c17-13-1-3-15(11(9-13)5-7-19)21-16-4-2-14(18)10-12(16)6-8-20/h1-4,9-10,19-20H,5-8H2. The molecule has 0 spiro atoms. The molecular weight excluding hydrogens is 311 g/mol. The van der Waals surface area contributed by atoms with Crippen LogP contribution in [0.5, 0.6) is 11.5 Å². The van der Waals surface area contributed by atoms with E-state index >= 15 is 0 Å². The summed E-state index contributed by atoms with van der Waals surface area (Å²) in [6, 6.07) is 10.6. The van der Waals surface area contributed by atoms with Crippen molar-refractivity contribution >= 4 is 23.2 Å². The van der Waals surface area contributed by atoms with Gasteiger partial charge in [-0.25, -0.2) is 0 Å². The maximum atomic E-state index is 9.13. The molecule has 0 aliphatic carbocycles. The molecule has 0 radical (unpaired) electrons. The first-order chi connectivity index (χ1) is 10.1. The first kappa shape index (κ1) is 16.1. The van der Waals surface area contributed by atoms with Crippen LogP contribution in [0.3, 0.4) is 0 Å². The molecule has 0 saturated carbocycles. The Balaban J connectivity index is 2.33. The molecule has 0 heterocycles. The topological polar surface area (TPSA) is 49.7 Å². The predicted octanol–water partition coefficient (Wildman–Crippen LogP) is 3.86. The van der Waals surface area contributed by atoms with Gasteiger partial charge in [0, 0.05) is 23.3 Å². The highest BCUT2D eigenvalue weighted by Gasteiger charge is 2.10. The molecule has 3 nitrogen and oxygen atoms in total. The lowest BCUT2D eigenvalue weighted by atomic mass is 10.1. The lowest BCUT2D eigenvalue weighted by molar-refractivity contribution is 0.296. The van der Waals surface area contributed by atoms with Gasteiger partial charge < -0.3 is 14.9 Å². The van der Waals surface area contributed by atoms with E-state index in [0.29, 0.717) is 34.4 Å². The number of aliphatic hydroxyl groups is 2. The molecule has 0 aliphatic rings. The molecule has 2 rings (SSSR count). The van der Waals surface area contributed by atoms with Gasteiger partial charge in [-0.1, -0.05) is 23.2 Å². The molecule has 0 saturated heterocycles. The summed E-state index contributed by atoms with van der Waals surface area (Å²) in [5.74, 6) is 1.27. The SMILES string of the molecule is OCCc1cc(Cl)ccc1Oc1ccc(Cl)cc1CCO. The summed E-state index contributed by atoms with van der Waals surface area (Å²) in [5.41, 5.74) is 1.66. The second kappa shape index (κ2) is 7.66. The maximum absolute atomic E-state index is 9.13. The Kier molecular flexibility index (Phi) is 5.88. The fourth-order valence-corrected chi connectivity index (χ4v) is 2.43. The summed E-state index contributed by atoms with van der Waals surface area (Å²) < 4.78 is 5.92. The molecule has 0 aromatic heterocycles. The van der Waals surface area contributed by atoms with E-state index < -0.39 is 0 Å². The zero-order valence-corrected chi connectivity index (χ0v) is 12.9. The van der Waals surface area contributed by atoms with Crippen LogP contribution in [0.2, 0.25) is 10.0 Å². The van der Waals surface area contributed by atoms with Crippen molar-refractivity contribution in [3.63, 3.8) is 0 Å². The zero-order chi connectivity index (χ0) is 15.2. The molecule has 0 unspecified atom stereocenters. The van der Waals surface area contributed by atoms with Crippen LogP contribution in [-0.4, -0.2) is 23.4 Å². The lowest BCUT2D eigenvalue weighted by Crippen LogP contribution is -1.99. The van der Waals surface area contributed by atoms with Gasteiger partial charge in [0.15, 0.2) is 0 Å². The van der Waals surface area contributed by atoms with E-state index in [2.05, 4.69) is 0 Å². The Bertz CT molecular complexity index is 561. The van der Waals surface area contributed by atoms with Crippen molar-refractivity contribution in [2.45, 2.75) is 12.8 Å². The molecule has 0 fully saturated rings. The van der Waals surface area contributed by atoms with Gasteiger partial charge >= 0.3 is 0 Å². The second-order valence-electron chi connectivity index (χ2n) is 4.55. The van der Waals surface area contributed by atoms with Crippen molar-refractivity contribution in [2.75, 3.05) is 13.2 Å². The molecule has 0 atom stereocenters. The Hall–Kier alpha value is -1.26. The third kappa shape index (κ3) is 4.35. The Labute approximate surface area is 133 Å². The van der Waals surface area contributed by atoms with Gasteiger partial charge in [-0.3, -0.25) is 0 Å². The van der Waals surface area contributed by atoms with Crippen LogP contribution in [0.4, 0.5) is 0 Å². The van der Waals surface area contributed by atoms with Crippen molar-refractivity contribution < 1.29 is 14.9 Å². The summed E-state index contributed by atoms with van der Waals surface area (Å²) >= 11 is 11.9. The number of halogens is 2. The highest BCUT2D eigenvalue weighted by molar-refractivity contribution is 6.31. The number of rotatable bonds is 6. The summed E-state index contributed by atoms with van der Waals surface area (Å²) in [4.78, 5) is 0. The van der Waals surface area contributed by atoms with Crippen molar-refractivity contribution in [1.82, 2.24) is 0 Å². The molecule has 2 aromatic rings. The predicted molar refractivity (Wildman–Crippen MR) is 84.6 cm³/mol. The van der Waals surface area contributed by atoms with Crippen LogP contribution in [0, 0.1) is 0 Å². The van der Waals surface area contributed by atoms with Gasteiger partial charge in [-0.2, -0.15) is 0 Å². The van der Waals surface area contributed by atoms with E-state index in [1.54, 1.807) is 36.4 Å². The fraction of sp³-hybridized carbons (Fsp3) is 0.250. The van der Waals surface area contributed by atoms with Gasteiger partial charge in [0.2, 0.25) is 0 Å². The number of hydrogen-bond acceptors (Lipinski definition) is 3. The van der Waals surface area contributed by atoms with E-state index in [1.165, 1.54) is 0 Å². The van der Waals surface area contributed by atoms with Gasteiger partial charge in [-0.15, -0.1) is 0 Å². The summed E-state index contributed by atoms with van der Waals surface area (Å²) in [6.07, 6.45) is 0.914. The average molecular weight is 327 g/mol. The molecule has 2 N–H and O–H groups in total. The molecule has 0 bridgehead atoms. The van der Waals surface area contributed by atoms with E-state index in [9.17, 15) is 0 Å². The molecule has 2 aromatic carbocycles. The number of benzene rings is 2. The van der Waals surface area contributed by atoms with Gasteiger partial charge in [0.1, 0.15) is 11.5 Å². The summed E-state index contributed by atoms with van der Waals surface area (Å²) in [6.45, 7) is 0.0294. The van der Waals surface area contributed by atoms with Crippen LogP contribution in [0.25, 0.3) is 0 Å². The number of hydrogen-bond donors (Lipinski definition) is 2. The van der Waals surface area contributed by atoms with Gasteiger partial charge in [-0.05, 0) is 60.4 Å². The fourth-order valence-electron chi connectivity index (χ4n) is 2.05. The second-order valence-corrected chi connectivity index (χ2v) is 5.43. The highest BCUT2D eigenvalue weighted by Crippen LogP contribution is 2.32. The minimum absolute atomic E-state index is 0.0147. The molecule has 112 valence electrons. The van der Waals surface area contributed by atoms with Crippen LogP contribution in [-0.2, 0) is 12.8 Å². The Morgan fingerprint density at radius 2 is 1.19 bits per heavy atom. The maximum Gasteiger partial charge on any atom is 0.130 e. The van der Waals surface area contributed by atoms with Crippen molar-refractivity contribution in [2.24, 2.45) is 0 Å². The third-order valence-electron chi connectivity index (χ3n) is 3.03. The van der Waals surface area contributed by atoms with Crippen molar-refractivity contribution in [3.8, 4) is 11.5 Å². The minimum atomic E-state index is 0.0147. The average Bonchev–Trinajstić information content (AvgIpc) is 2.45. The first-order valence-corrected chi connectivity index (χ1v) is 7.36.